The minimum absolute atomic E-state index is 0.111. The number of benzene rings is 2. The van der Waals surface area contributed by atoms with Gasteiger partial charge in [-0.05, 0) is 17.2 Å². The van der Waals surface area contributed by atoms with Gasteiger partial charge < -0.3 is 0 Å². The summed E-state index contributed by atoms with van der Waals surface area (Å²) in [5.74, 6) is -1.40. The van der Waals surface area contributed by atoms with Gasteiger partial charge in [0, 0.05) is 5.56 Å². The lowest BCUT2D eigenvalue weighted by Gasteiger charge is -2.26. The molecule has 6 heteroatoms. The summed E-state index contributed by atoms with van der Waals surface area (Å²) < 4.78 is 0. The third-order valence-corrected chi connectivity index (χ3v) is 3.71. The molecule has 2 aromatic carbocycles. The number of hydrogen-bond donors (Lipinski definition) is 1. The summed E-state index contributed by atoms with van der Waals surface area (Å²) in [7, 11) is 0. The molecule has 0 saturated carbocycles. The predicted molar refractivity (Wildman–Crippen MR) is 85.6 cm³/mol. The summed E-state index contributed by atoms with van der Waals surface area (Å²) in [5, 5.41) is 0. The fraction of sp³-hybridized carbons (Fsp3) is 0.167. The van der Waals surface area contributed by atoms with Crippen LogP contribution in [0.4, 0.5) is 0 Å². The molecular weight excluding hydrogens is 308 g/mol. The maximum Gasteiger partial charge on any atom is 0.263 e. The molecular formula is C18H16N2O4. The van der Waals surface area contributed by atoms with Gasteiger partial charge in [0.15, 0.2) is 0 Å². The van der Waals surface area contributed by atoms with E-state index in [4.69, 9.17) is 4.84 Å². The predicted octanol–water partition coefficient (Wildman–Crippen LogP) is 1.46. The van der Waals surface area contributed by atoms with Gasteiger partial charge in [0.1, 0.15) is 6.54 Å². The molecule has 24 heavy (non-hydrogen) atoms. The summed E-state index contributed by atoms with van der Waals surface area (Å²) in [6, 6.07) is 16.2. The van der Waals surface area contributed by atoms with E-state index in [9.17, 15) is 14.4 Å². The Morgan fingerprint density at radius 1 is 1.04 bits per heavy atom. The molecule has 1 aliphatic heterocycles. The minimum Gasteiger partial charge on any atom is -0.274 e. The van der Waals surface area contributed by atoms with Crippen LogP contribution in [-0.4, -0.2) is 29.2 Å². The monoisotopic (exact) mass is 324 g/mol. The minimum atomic E-state index is -0.549. The molecule has 0 aliphatic carbocycles. The van der Waals surface area contributed by atoms with Crippen LogP contribution in [0.1, 0.15) is 21.5 Å². The van der Waals surface area contributed by atoms with Crippen molar-refractivity contribution in [1.29, 1.82) is 0 Å². The van der Waals surface area contributed by atoms with Gasteiger partial charge in [0.05, 0.1) is 13.0 Å². The summed E-state index contributed by atoms with van der Waals surface area (Å²) in [6.07, 6.45) is 0.111. The fourth-order valence-electron chi connectivity index (χ4n) is 2.51. The van der Waals surface area contributed by atoms with Crippen molar-refractivity contribution in [3.05, 3.63) is 71.3 Å². The fourth-order valence-corrected chi connectivity index (χ4v) is 2.51. The van der Waals surface area contributed by atoms with Crippen molar-refractivity contribution >= 4 is 17.7 Å². The van der Waals surface area contributed by atoms with Crippen LogP contribution in [0.15, 0.2) is 54.6 Å². The number of nitrogens with zero attached hydrogens (tertiary/aromatic N) is 1. The summed E-state index contributed by atoms with van der Waals surface area (Å²) in [6.45, 7) is -0.155. The van der Waals surface area contributed by atoms with Gasteiger partial charge in [0.2, 0.25) is 5.91 Å². The lowest BCUT2D eigenvalue weighted by atomic mass is 9.98. The first-order valence-electron chi connectivity index (χ1n) is 7.52. The SMILES string of the molecule is O=C(CN1C(=O)Cc2ccccc2C1=O)NOCc1ccccc1. The van der Waals surface area contributed by atoms with Crippen LogP contribution in [0, 0.1) is 0 Å². The van der Waals surface area contributed by atoms with Crippen LogP contribution in [-0.2, 0) is 27.5 Å². The van der Waals surface area contributed by atoms with Crippen molar-refractivity contribution in [3.63, 3.8) is 0 Å². The van der Waals surface area contributed by atoms with Crippen molar-refractivity contribution < 1.29 is 19.2 Å². The quantitative estimate of drug-likeness (QED) is 0.667. The van der Waals surface area contributed by atoms with E-state index >= 15 is 0 Å². The topological polar surface area (TPSA) is 75.7 Å². The van der Waals surface area contributed by atoms with E-state index in [0.717, 1.165) is 10.5 Å². The van der Waals surface area contributed by atoms with Crippen molar-refractivity contribution in [3.8, 4) is 0 Å². The van der Waals surface area contributed by atoms with Crippen molar-refractivity contribution in [2.75, 3.05) is 6.54 Å². The lowest BCUT2D eigenvalue weighted by molar-refractivity contribution is -0.140. The summed E-state index contributed by atoms with van der Waals surface area (Å²) >= 11 is 0. The highest BCUT2D eigenvalue weighted by Gasteiger charge is 2.31. The van der Waals surface area contributed by atoms with E-state index in [1.165, 1.54) is 0 Å². The van der Waals surface area contributed by atoms with E-state index in [1.54, 1.807) is 24.3 Å². The van der Waals surface area contributed by atoms with Crippen LogP contribution in [0.25, 0.3) is 0 Å². The number of rotatable bonds is 5. The van der Waals surface area contributed by atoms with Gasteiger partial charge in [-0.15, -0.1) is 0 Å². The normalized spacial score (nSPS) is 13.6. The molecule has 3 amide bonds. The zero-order valence-corrected chi connectivity index (χ0v) is 12.9. The molecule has 1 heterocycles. The Kier molecular flexibility index (Phi) is 4.67. The molecule has 1 aliphatic rings. The maximum atomic E-state index is 12.3. The number of fused-ring (bicyclic) bond motifs is 1. The Morgan fingerprint density at radius 2 is 1.75 bits per heavy atom. The lowest BCUT2D eigenvalue weighted by Crippen LogP contribution is -2.47. The van der Waals surface area contributed by atoms with Gasteiger partial charge in [-0.3, -0.25) is 24.1 Å². The molecule has 0 fully saturated rings. The standard InChI is InChI=1S/C18H16N2O4/c21-16(19-24-12-13-6-2-1-3-7-13)11-20-17(22)10-14-8-4-5-9-15(14)18(20)23/h1-9H,10-12H2,(H,19,21). The van der Waals surface area contributed by atoms with Crippen LogP contribution in [0.3, 0.4) is 0 Å². The first-order chi connectivity index (χ1) is 11.6. The average Bonchev–Trinajstić information content (AvgIpc) is 2.59. The number of carbonyl (C=O) groups is 3. The molecule has 0 aromatic heterocycles. The zero-order chi connectivity index (χ0) is 16.9. The highest BCUT2D eigenvalue weighted by Crippen LogP contribution is 2.19. The second-order valence-electron chi connectivity index (χ2n) is 5.42. The van der Waals surface area contributed by atoms with Gasteiger partial charge in [-0.25, -0.2) is 5.48 Å². The molecule has 0 atom stereocenters. The molecule has 2 aromatic rings. The molecule has 3 rings (SSSR count). The third kappa shape index (κ3) is 3.49. The molecule has 0 saturated heterocycles. The molecule has 6 nitrogen and oxygen atoms in total. The smallest absolute Gasteiger partial charge is 0.263 e. The number of hydrogen-bond acceptors (Lipinski definition) is 4. The van der Waals surface area contributed by atoms with Crippen LogP contribution < -0.4 is 5.48 Å². The molecule has 0 bridgehead atoms. The largest absolute Gasteiger partial charge is 0.274 e. The molecule has 122 valence electrons. The van der Waals surface area contributed by atoms with Crippen LogP contribution in [0.2, 0.25) is 0 Å². The van der Waals surface area contributed by atoms with Crippen LogP contribution >= 0.6 is 0 Å². The summed E-state index contributed by atoms with van der Waals surface area (Å²) in [4.78, 5) is 42.4. The Morgan fingerprint density at radius 3 is 2.54 bits per heavy atom. The number of imide groups is 1. The Labute approximate surface area is 139 Å². The van der Waals surface area contributed by atoms with Gasteiger partial charge in [0.25, 0.3) is 11.8 Å². The molecule has 1 N–H and O–H groups in total. The van der Waals surface area contributed by atoms with Crippen molar-refractivity contribution in [2.45, 2.75) is 13.0 Å². The maximum absolute atomic E-state index is 12.3. The van der Waals surface area contributed by atoms with E-state index in [2.05, 4.69) is 5.48 Å². The van der Waals surface area contributed by atoms with E-state index in [1.807, 2.05) is 30.3 Å². The van der Waals surface area contributed by atoms with Crippen LogP contribution in [0.5, 0.6) is 0 Å². The highest BCUT2D eigenvalue weighted by atomic mass is 16.6. The Hall–Kier alpha value is -2.99. The summed E-state index contributed by atoms with van der Waals surface area (Å²) in [5.41, 5.74) is 4.30. The van der Waals surface area contributed by atoms with Gasteiger partial charge in [-0.2, -0.15) is 0 Å². The van der Waals surface area contributed by atoms with E-state index in [-0.39, 0.29) is 19.6 Å². The second kappa shape index (κ2) is 7.06. The van der Waals surface area contributed by atoms with Crippen molar-refractivity contribution in [1.82, 2.24) is 10.4 Å². The average molecular weight is 324 g/mol. The zero-order valence-electron chi connectivity index (χ0n) is 12.9. The number of hydroxylamine groups is 1. The van der Waals surface area contributed by atoms with Crippen molar-refractivity contribution in [2.24, 2.45) is 0 Å². The molecule has 0 radical (unpaired) electrons. The first kappa shape index (κ1) is 15.9. The number of amides is 3. The second-order valence-corrected chi connectivity index (χ2v) is 5.42. The molecule has 0 unspecified atom stereocenters. The highest BCUT2D eigenvalue weighted by molar-refractivity contribution is 6.11. The number of nitrogens with one attached hydrogen (secondary N) is 1. The van der Waals surface area contributed by atoms with Gasteiger partial charge in [-0.1, -0.05) is 48.5 Å². The van der Waals surface area contributed by atoms with E-state index < -0.39 is 17.7 Å². The third-order valence-electron chi connectivity index (χ3n) is 3.71. The van der Waals surface area contributed by atoms with Gasteiger partial charge >= 0.3 is 0 Å². The first-order valence-corrected chi connectivity index (χ1v) is 7.52. The Bertz CT molecular complexity index is 774. The van der Waals surface area contributed by atoms with E-state index in [0.29, 0.717) is 11.1 Å². The molecule has 0 spiro atoms. The number of carbonyl (C=O) groups excluding carboxylic acids is 3. The Balaban J connectivity index is 1.56.